The van der Waals surface area contributed by atoms with Gasteiger partial charge in [-0.3, -0.25) is 4.79 Å². The zero-order valence-electron chi connectivity index (χ0n) is 17.8. The Morgan fingerprint density at radius 1 is 1.28 bits per heavy atom. The standard InChI is InChI=1S/C22H26N4O4S2/c1-30-17-6-9-19-20(13-17)31-22(25-19)26-12-2-3-16(14-26)21(27)24-11-10-15-4-7-18(8-5-15)32(23,28)29/h4-9,13,16H,2-3,10-12,14H2,1H3,(H,24,27)(H2,23,28,29). The van der Waals surface area contributed by atoms with Crippen molar-refractivity contribution in [2.24, 2.45) is 11.1 Å². The Balaban J connectivity index is 1.32. The molecule has 4 rings (SSSR count). The number of thiazole rings is 1. The third kappa shape index (κ3) is 5.20. The van der Waals surface area contributed by atoms with E-state index in [1.54, 1.807) is 30.6 Å². The van der Waals surface area contributed by atoms with Gasteiger partial charge in [0.1, 0.15) is 5.75 Å². The van der Waals surface area contributed by atoms with Crippen molar-refractivity contribution in [3.05, 3.63) is 48.0 Å². The van der Waals surface area contributed by atoms with Crippen LogP contribution in [0.1, 0.15) is 18.4 Å². The molecule has 10 heteroatoms. The van der Waals surface area contributed by atoms with E-state index < -0.39 is 10.0 Å². The van der Waals surface area contributed by atoms with Gasteiger partial charge in [0.15, 0.2) is 5.13 Å². The van der Waals surface area contributed by atoms with Gasteiger partial charge in [-0.1, -0.05) is 23.5 Å². The second-order valence-electron chi connectivity index (χ2n) is 7.85. The minimum Gasteiger partial charge on any atom is -0.497 e. The summed E-state index contributed by atoms with van der Waals surface area (Å²) in [6, 6.07) is 12.3. The first kappa shape index (κ1) is 22.5. The molecule has 0 aliphatic carbocycles. The van der Waals surface area contributed by atoms with E-state index in [0.717, 1.165) is 46.0 Å². The molecule has 1 atom stereocenters. The SMILES string of the molecule is COc1ccc2nc(N3CCCC(C(=O)NCCc4ccc(S(N)(=O)=O)cc4)C3)sc2c1. The fourth-order valence-electron chi connectivity index (χ4n) is 3.84. The minimum absolute atomic E-state index is 0.0404. The fourth-order valence-corrected chi connectivity index (χ4v) is 5.38. The molecule has 1 amide bonds. The van der Waals surface area contributed by atoms with Crippen LogP contribution in [0.3, 0.4) is 0 Å². The van der Waals surface area contributed by atoms with Crippen LogP contribution in [0.5, 0.6) is 5.75 Å². The summed E-state index contributed by atoms with van der Waals surface area (Å²) >= 11 is 1.62. The Hall–Kier alpha value is -2.69. The first-order chi connectivity index (χ1) is 15.3. The second-order valence-corrected chi connectivity index (χ2v) is 10.4. The number of methoxy groups -OCH3 is 1. The molecule has 170 valence electrons. The van der Waals surface area contributed by atoms with Crippen molar-refractivity contribution in [1.29, 1.82) is 0 Å². The van der Waals surface area contributed by atoms with Crippen LogP contribution in [0, 0.1) is 5.92 Å². The number of nitrogens with one attached hydrogen (secondary N) is 1. The molecule has 0 bridgehead atoms. The molecule has 3 N–H and O–H groups in total. The van der Waals surface area contributed by atoms with E-state index >= 15 is 0 Å². The summed E-state index contributed by atoms with van der Waals surface area (Å²) in [5, 5.41) is 9.07. The van der Waals surface area contributed by atoms with Crippen molar-refractivity contribution in [3.8, 4) is 5.75 Å². The van der Waals surface area contributed by atoms with Crippen LogP contribution >= 0.6 is 11.3 Å². The maximum atomic E-state index is 12.7. The topological polar surface area (TPSA) is 115 Å². The molecule has 1 aliphatic heterocycles. The molecule has 2 heterocycles. The van der Waals surface area contributed by atoms with Gasteiger partial charge in [0.05, 0.1) is 28.1 Å². The highest BCUT2D eigenvalue weighted by Gasteiger charge is 2.27. The summed E-state index contributed by atoms with van der Waals surface area (Å²) in [5.74, 6) is 0.761. The Morgan fingerprint density at radius 2 is 2.06 bits per heavy atom. The van der Waals surface area contributed by atoms with E-state index in [4.69, 9.17) is 14.9 Å². The first-order valence-electron chi connectivity index (χ1n) is 10.4. The molecule has 1 unspecified atom stereocenters. The molecule has 1 fully saturated rings. The zero-order valence-corrected chi connectivity index (χ0v) is 19.4. The summed E-state index contributed by atoms with van der Waals surface area (Å²) in [6.07, 6.45) is 2.41. The van der Waals surface area contributed by atoms with Crippen molar-refractivity contribution in [3.63, 3.8) is 0 Å². The molecule has 1 aromatic heterocycles. The largest absolute Gasteiger partial charge is 0.497 e. The number of amides is 1. The number of nitrogens with two attached hydrogens (primary N) is 1. The number of primary sulfonamides is 1. The van der Waals surface area contributed by atoms with Crippen molar-refractivity contribution in [1.82, 2.24) is 10.3 Å². The number of rotatable bonds is 7. The minimum atomic E-state index is -3.69. The molecule has 0 spiro atoms. The molecule has 0 saturated carbocycles. The molecular formula is C22H26N4O4S2. The van der Waals surface area contributed by atoms with Crippen LogP contribution in [0.4, 0.5) is 5.13 Å². The quantitative estimate of drug-likeness (QED) is 0.544. The number of anilines is 1. The Labute approximate surface area is 191 Å². The molecule has 1 aliphatic rings. The summed E-state index contributed by atoms with van der Waals surface area (Å²) in [7, 11) is -2.04. The Morgan fingerprint density at radius 3 is 2.78 bits per heavy atom. The van der Waals surface area contributed by atoms with Gasteiger partial charge in [-0.15, -0.1) is 0 Å². The maximum absolute atomic E-state index is 12.7. The molecule has 2 aromatic carbocycles. The van der Waals surface area contributed by atoms with E-state index in [1.807, 2.05) is 18.2 Å². The summed E-state index contributed by atoms with van der Waals surface area (Å²) in [6.45, 7) is 2.02. The molecule has 8 nitrogen and oxygen atoms in total. The third-order valence-electron chi connectivity index (χ3n) is 5.61. The van der Waals surface area contributed by atoms with Crippen LogP contribution in [-0.4, -0.2) is 46.1 Å². The molecule has 3 aromatic rings. The first-order valence-corrected chi connectivity index (χ1v) is 12.8. The second kappa shape index (κ2) is 9.43. The lowest BCUT2D eigenvalue weighted by atomic mass is 9.97. The number of hydrogen-bond acceptors (Lipinski definition) is 7. The number of nitrogens with zero attached hydrogens (tertiary/aromatic N) is 2. The highest BCUT2D eigenvalue weighted by atomic mass is 32.2. The van der Waals surface area contributed by atoms with Crippen LogP contribution in [0.2, 0.25) is 0 Å². The molecule has 1 saturated heterocycles. The summed E-state index contributed by atoms with van der Waals surface area (Å²) in [4.78, 5) is 19.8. The fraction of sp³-hybridized carbons (Fsp3) is 0.364. The van der Waals surface area contributed by atoms with Crippen LogP contribution in [0.15, 0.2) is 47.4 Å². The van der Waals surface area contributed by atoms with E-state index in [-0.39, 0.29) is 16.7 Å². The number of aromatic nitrogens is 1. The monoisotopic (exact) mass is 474 g/mol. The van der Waals surface area contributed by atoms with Crippen LogP contribution in [0.25, 0.3) is 10.2 Å². The maximum Gasteiger partial charge on any atom is 0.238 e. The van der Waals surface area contributed by atoms with Gasteiger partial charge in [0, 0.05) is 19.6 Å². The number of hydrogen-bond donors (Lipinski definition) is 2. The number of carbonyl (C=O) groups excluding carboxylic acids is 1. The van der Waals surface area contributed by atoms with Gasteiger partial charge in [0.2, 0.25) is 15.9 Å². The number of ether oxygens (including phenoxy) is 1. The highest BCUT2D eigenvalue weighted by Crippen LogP contribution is 2.33. The predicted octanol–water partition coefficient (Wildman–Crippen LogP) is 2.53. The lowest BCUT2D eigenvalue weighted by molar-refractivity contribution is -0.125. The van der Waals surface area contributed by atoms with E-state index in [2.05, 4.69) is 10.2 Å². The van der Waals surface area contributed by atoms with Gasteiger partial charge in [-0.05, 0) is 55.2 Å². The van der Waals surface area contributed by atoms with Gasteiger partial charge in [-0.25, -0.2) is 18.5 Å². The predicted molar refractivity (Wildman–Crippen MR) is 126 cm³/mol. The zero-order chi connectivity index (χ0) is 22.7. The number of benzene rings is 2. The molecule has 0 radical (unpaired) electrons. The van der Waals surface area contributed by atoms with E-state index in [9.17, 15) is 13.2 Å². The summed E-state index contributed by atoms with van der Waals surface area (Å²) in [5.41, 5.74) is 1.87. The highest BCUT2D eigenvalue weighted by molar-refractivity contribution is 7.89. The van der Waals surface area contributed by atoms with Crippen molar-refractivity contribution in [2.75, 3.05) is 31.6 Å². The number of piperidine rings is 1. The Bertz CT molecular complexity index is 1210. The van der Waals surface area contributed by atoms with Crippen molar-refractivity contribution >= 4 is 42.6 Å². The smallest absolute Gasteiger partial charge is 0.238 e. The van der Waals surface area contributed by atoms with Gasteiger partial charge in [-0.2, -0.15) is 0 Å². The van der Waals surface area contributed by atoms with Crippen molar-refractivity contribution < 1.29 is 17.9 Å². The van der Waals surface area contributed by atoms with Crippen LogP contribution < -0.4 is 20.1 Å². The number of sulfonamides is 1. The Kier molecular flexibility index (Phi) is 6.63. The number of fused-ring (bicyclic) bond motifs is 1. The normalized spacial score (nSPS) is 16.8. The van der Waals surface area contributed by atoms with Gasteiger partial charge >= 0.3 is 0 Å². The van der Waals surface area contributed by atoms with Gasteiger partial charge < -0.3 is 15.0 Å². The average molecular weight is 475 g/mol. The lowest BCUT2D eigenvalue weighted by Gasteiger charge is -2.31. The molecular weight excluding hydrogens is 448 g/mol. The third-order valence-corrected chi connectivity index (χ3v) is 7.62. The number of carbonyl (C=O) groups is 1. The van der Waals surface area contributed by atoms with E-state index in [0.29, 0.717) is 19.5 Å². The average Bonchev–Trinajstić information content (AvgIpc) is 3.22. The summed E-state index contributed by atoms with van der Waals surface area (Å²) < 4.78 is 29.0. The van der Waals surface area contributed by atoms with E-state index in [1.165, 1.54) is 12.1 Å². The van der Waals surface area contributed by atoms with Crippen molar-refractivity contribution in [2.45, 2.75) is 24.2 Å². The molecule has 32 heavy (non-hydrogen) atoms. The van der Waals surface area contributed by atoms with Gasteiger partial charge in [0.25, 0.3) is 0 Å². The van der Waals surface area contributed by atoms with Crippen LogP contribution in [-0.2, 0) is 21.2 Å². The lowest BCUT2D eigenvalue weighted by Crippen LogP contribution is -2.43.